The molecule has 2 aromatic rings. The molecule has 1 saturated carbocycles. The molecule has 0 bridgehead atoms. The van der Waals surface area contributed by atoms with Crippen molar-refractivity contribution >= 4 is 23.6 Å². The molecule has 2 fully saturated rings. The highest BCUT2D eigenvalue weighted by Gasteiger charge is 2.27. The lowest BCUT2D eigenvalue weighted by Gasteiger charge is -2.37. The maximum Gasteiger partial charge on any atom is 0.246 e. The lowest BCUT2D eigenvalue weighted by Crippen LogP contribution is -2.51. The highest BCUT2D eigenvalue weighted by atomic mass is 35.5. The number of rotatable bonds is 4. The van der Waals surface area contributed by atoms with Crippen LogP contribution < -0.4 is 0 Å². The van der Waals surface area contributed by atoms with E-state index >= 15 is 0 Å². The third-order valence-corrected chi connectivity index (χ3v) is 6.34. The van der Waals surface area contributed by atoms with E-state index in [0.29, 0.717) is 22.4 Å². The zero-order valence-electron chi connectivity index (χ0n) is 16.7. The average molecular weight is 417 g/mol. The molecule has 29 heavy (non-hydrogen) atoms. The third-order valence-electron chi connectivity index (χ3n) is 5.98. The molecule has 154 valence electrons. The Kier molecular flexibility index (Phi) is 6.01. The first-order chi connectivity index (χ1) is 14.0. The van der Waals surface area contributed by atoms with Gasteiger partial charge >= 0.3 is 0 Å². The van der Waals surface area contributed by atoms with E-state index in [2.05, 4.69) is 10.00 Å². The van der Waals surface area contributed by atoms with Gasteiger partial charge < -0.3 is 4.90 Å². The van der Waals surface area contributed by atoms with Crippen LogP contribution in [0, 0.1) is 12.7 Å². The van der Waals surface area contributed by atoms with Crippen molar-refractivity contribution in [3.8, 4) is 5.69 Å². The van der Waals surface area contributed by atoms with Gasteiger partial charge in [-0.05, 0) is 50.1 Å². The quantitative estimate of drug-likeness (QED) is 0.705. The fourth-order valence-electron chi connectivity index (χ4n) is 4.29. The molecule has 0 N–H and O–H groups in total. The van der Waals surface area contributed by atoms with Gasteiger partial charge in [0.25, 0.3) is 0 Å². The molecule has 1 aromatic heterocycles. The Morgan fingerprint density at radius 3 is 2.45 bits per heavy atom. The fraction of sp³-hybridized carbons (Fsp3) is 0.455. The lowest BCUT2D eigenvalue weighted by molar-refractivity contribution is -0.127. The number of benzene rings is 1. The maximum absolute atomic E-state index is 13.2. The minimum Gasteiger partial charge on any atom is -0.337 e. The topological polar surface area (TPSA) is 41.4 Å². The van der Waals surface area contributed by atoms with Gasteiger partial charge in [0.2, 0.25) is 5.91 Å². The van der Waals surface area contributed by atoms with Crippen LogP contribution in [-0.2, 0) is 4.79 Å². The van der Waals surface area contributed by atoms with Gasteiger partial charge in [-0.25, -0.2) is 9.07 Å². The number of aryl methyl sites for hydroxylation is 1. The highest BCUT2D eigenvalue weighted by Crippen LogP contribution is 2.26. The van der Waals surface area contributed by atoms with Gasteiger partial charge in [0.05, 0.1) is 11.4 Å². The summed E-state index contributed by atoms with van der Waals surface area (Å²) in [4.78, 5) is 17.1. The number of hydrogen-bond donors (Lipinski definition) is 0. The maximum atomic E-state index is 13.2. The summed E-state index contributed by atoms with van der Waals surface area (Å²) in [5, 5.41) is 4.84. The normalized spacial score (nSPS) is 18.8. The summed E-state index contributed by atoms with van der Waals surface area (Å²) in [6.07, 6.45) is 8.57. The SMILES string of the molecule is Cc1nn(-c2ccc(F)cc2)c(Cl)c1/C=C/C(=O)N1CCN(C2CCCC2)CC1. The van der Waals surface area contributed by atoms with Crippen LogP contribution in [0.15, 0.2) is 30.3 Å². The van der Waals surface area contributed by atoms with Gasteiger partial charge in [-0.15, -0.1) is 0 Å². The van der Waals surface area contributed by atoms with Crippen molar-refractivity contribution in [1.29, 1.82) is 0 Å². The van der Waals surface area contributed by atoms with Crippen LogP contribution in [0.5, 0.6) is 0 Å². The summed E-state index contributed by atoms with van der Waals surface area (Å²) in [6, 6.07) is 6.69. The van der Waals surface area contributed by atoms with Gasteiger partial charge in [0.1, 0.15) is 11.0 Å². The number of nitrogens with zero attached hydrogens (tertiary/aromatic N) is 4. The van der Waals surface area contributed by atoms with Gasteiger partial charge in [0, 0.05) is 43.9 Å². The Morgan fingerprint density at radius 1 is 1.14 bits per heavy atom. The molecular weight excluding hydrogens is 391 g/mol. The number of piperazine rings is 1. The molecule has 0 spiro atoms. The molecule has 1 saturated heterocycles. The molecule has 7 heteroatoms. The van der Waals surface area contributed by atoms with Crippen LogP contribution in [0.25, 0.3) is 11.8 Å². The van der Waals surface area contributed by atoms with Crippen LogP contribution in [0.4, 0.5) is 4.39 Å². The monoisotopic (exact) mass is 416 g/mol. The number of aromatic nitrogens is 2. The van der Waals surface area contributed by atoms with Crippen LogP contribution in [0.2, 0.25) is 5.15 Å². The zero-order valence-corrected chi connectivity index (χ0v) is 17.4. The van der Waals surface area contributed by atoms with E-state index in [4.69, 9.17) is 11.6 Å². The standard InChI is InChI=1S/C22H26ClFN4O/c1-16-20(22(23)28(25-16)19-8-6-17(24)7-9-19)10-11-21(29)27-14-12-26(13-15-27)18-4-2-3-5-18/h6-11,18H,2-5,12-15H2,1H3/b11-10+. The first kappa shape index (κ1) is 20.1. The molecular formula is C22H26ClFN4O. The predicted octanol–water partition coefficient (Wildman–Crippen LogP) is 4.07. The van der Waals surface area contributed by atoms with Gasteiger partial charge in [-0.3, -0.25) is 9.69 Å². The summed E-state index contributed by atoms with van der Waals surface area (Å²) in [6.45, 7) is 5.28. The number of carbonyl (C=O) groups is 1. The number of hydrogen-bond acceptors (Lipinski definition) is 3. The van der Waals surface area contributed by atoms with Crippen molar-refractivity contribution in [2.45, 2.75) is 38.6 Å². The predicted molar refractivity (Wildman–Crippen MR) is 113 cm³/mol. The van der Waals surface area contributed by atoms with Crippen molar-refractivity contribution < 1.29 is 9.18 Å². The second kappa shape index (κ2) is 8.67. The number of halogens is 2. The van der Waals surface area contributed by atoms with Gasteiger partial charge in [0.15, 0.2) is 0 Å². The number of carbonyl (C=O) groups excluding carboxylic acids is 1. The van der Waals surface area contributed by atoms with E-state index in [1.54, 1.807) is 29.0 Å². The van der Waals surface area contributed by atoms with Gasteiger partial charge in [-0.2, -0.15) is 5.10 Å². The Balaban J connectivity index is 1.41. The van der Waals surface area contributed by atoms with Crippen molar-refractivity contribution in [2.24, 2.45) is 0 Å². The molecule has 0 atom stereocenters. The minimum absolute atomic E-state index is 0.000991. The molecule has 1 aromatic carbocycles. The van der Waals surface area contributed by atoms with Crippen LogP contribution >= 0.6 is 11.6 Å². The minimum atomic E-state index is -0.313. The summed E-state index contributed by atoms with van der Waals surface area (Å²) in [7, 11) is 0. The van der Waals surface area contributed by atoms with Crippen molar-refractivity contribution in [2.75, 3.05) is 26.2 Å². The first-order valence-electron chi connectivity index (χ1n) is 10.2. The van der Waals surface area contributed by atoms with Crippen LogP contribution in [-0.4, -0.2) is 57.7 Å². The smallest absolute Gasteiger partial charge is 0.246 e. The largest absolute Gasteiger partial charge is 0.337 e. The van der Waals surface area contributed by atoms with E-state index in [1.165, 1.54) is 37.8 Å². The number of amides is 1. The van der Waals surface area contributed by atoms with E-state index in [0.717, 1.165) is 31.9 Å². The third kappa shape index (κ3) is 4.38. The Bertz CT molecular complexity index is 894. The molecule has 1 aliphatic heterocycles. The van der Waals surface area contributed by atoms with Crippen LogP contribution in [0.1, 0.15) is 36.9 Å². The second-order valence-corrected chi connectivity index (χ2v) is 8.17. The molecule has 2 aliphatic rings. The summed E-state index contributed by atoms with van der Waals surface area (Å²) >= 11 is 6.49. The van der Waals surface area contributed by atoms with E-state index in [9.17, 15) is 9.18 Å². The first-order valence-corrected chi connectivity index (χ1v) is 10.6. The molecule has 0 radical (unpaired) electrons. The van der Waals surface area contributed by atoms with E-state index in [1.807, 2.05) is 11.8 Å². The zero-order chi connectivity index (χ0) is 20.4. The average Bonchev–Trinajstić information content (AvgIpc) is 3.36. The summed E-state index contributed by atoms with van der Waals surface area (Å²) in [5.74, 6) is -0.312. The lowest BCUT2D eigenvalue weighted by atomic mass is 10.1. The molecule has 0 unspecified atom stereocenters. The molecule has 2 heterocycles. The Labute approximate surface area is 175 Å². The van der Waals surface area contributed by atoms with Crippen molar-refractivity contribution in [3.63, 3.8) is 0 Å². The molecule has 5 nitrogen and oxygen atoms in total. The van der Waals surface area contributed by atoms with Crippen LogP contribution in [0.3, 0.4) is 0 Å². The van der Waals surface area contributed by atoms with Crippen molar-refractivity contribution in [3.05, 3.63) is 52.6 Å². The molecule has 1 amide bonds. The molecule has 1 aliphatic carbocycles. The Morgan fingerprint density at radius 2 is 1.79 bits per heavy atom. The molecule has 4 rings (SSSR count). The summed E-state index contributed by atoms with van der Waals surface area (Å²) in [5.41, 5.74) is 2.09. The van der Waals surface area contributed by atoms with Gasteiger partial charge in [-0.1, -0.05) is 24.4 Å². The van der Waals surface area contributed by atoms with E-state index in [-0.39, 0.29) is 11.7 Å². The Hall–Kier alpha value is -2.18. The summed E-state index contributed by atoms with van der Waals surface area (Å²) < 4.78 is 14.7. The fourth-order valence-corrected chi connectivity index (χ4v) is 4.63. The van der Waals surface area contributed by atoms with E-state index < -0.39 is 0 Å². The van der Waals surface area contributed by atoms with Crippen molar-refractivity contribution in [1.82, 2.24) is 19.6 Å². The highest BCUT2D eigenvalue weighted by molar-refractivity contribution is 6.31. The second-order valence-electron chi connectivity index (χ2n) is 7.81.